The second-order valence-electron chi connectivity index (χ2n) is 6.01. The third-order valence-electron chi connectivity index (χ3n) is 4.28. The average Bonchev–Trinajstić information content (AvgIpc) is 2.82. The smallest absolute Gasteiger partial charge is 0.263 e. The van der Waals surface area contributed by atoms with Gasteiger partial charge in [0, 0.05) is 12.6 Å². The maximum Gasteiger partial charge on any atom is 0.263 e. The van der Waals surface area contributed by atoms with Crippen molar-refractivity contribution < 1.29 is 14.7 Å². The molecule has 0 aliphatic carbocycles. The van der Waals surface area contributed by atoms with E-state index in [1.807, 2.05) is 36.4 Å². The van der Waals surface area contributed by atoms with E-state index in [0.717, 1.165) is 5.56 Å². The molecule has 0 radical (unpaired) electrons. The van der Waals surface area contributed by atoms with Crippen LogP contribution in [0.3, 0.4) is 0 Å². The van der Waals surface area contributed by atoms with Gasteiger partial charge < -0.3 is 10.0 Å². The molecule has 4 heteroatoms. The number of allylic oxidation sites excluding steroid dienone is 3. The molecule has 1 aliphatic rings. The molecule has 0 aromatic heterocycles. The molecule has 4 nitrogen and oxygen atoms in total. The SMILES string of the molecule is CN1C(=O)C(O)(CC(=O)/C=C/C=C/c2ccccc2)c2ccccc21. The molecule has 0 bridgehead atoms. The fourth-order valence-corrected chi connectivity index (χ4v) is 2.99. The van der Waals surface area contributed by atoms with E-state index in [2.05, 4.69) is 0 Å². The zero-order valence-electron chi connectivity index (χ0n) is 13.9. The van der Waals surface area contributed by atoms with Crippen LogP contribution in [0, 0.1) is 0 Å². The van der Waals surface area contributed by atoms with E-state index in [4.69, 9.17) is 0 Å². The summed E-state index contributed by atoms with van der Waals surface area (Å²) in [6.07, 6.45) is 6.36. The van der Waals surface area contributed by atoms with Crippen LogP contribution in [0.2, 0.25) is 0 Å². The Hall–Kier alpha value is -2.98. The number of anilines is 1. The first-order valence-electron chi connectivity index (χ1n) is 8.05. The van der Waals surface area contributed by atoms with Gasteiger partial charge in [-0.2, -0.15) is 0 Å². The lowest BCUT2D eigenvalue weighted by Crippen LogP contribution is -2.40. The molecule has 126 valence electrons. The van der Waals surface area contributed by atoms with Crippen LogP contribution in [0.1, 0.15) is 17.5 Å². The highest BCUT2D eigenvalue weighted by molar-refractivity contribution is 6.09. The fraction of sp³-hybridized carbons (Fsp3) is 0.143. The van der Waals surface area contributed by atoms with Gasteiger partial charge in [0.15, 0.2) is 11.4 Å². The van der Waals surface area contributed by atoms with Crippen molar-refractivity contribution in [3.05, 3.63) is 84.0 Å². The first kappa shape index (κ1) is 16.9. The molecule has 3 rings (SSSR count). The van der Waals surface area contributed by atoms with E-state index in [0.29, 0.717) is 11.3 Å². The Morgan fingerprint density at radius 2 is 1.76 bits per heavy atom. The minimum atomic E-state index is -1.80. The summed E-state index contributed by atoms with van der Waals surface area (Å²) in [4.78, 5) is 26.0. The van der Waals surface area contributed by atoms with Crippen LogP contribution in [0.25, 0.3) is 6.08 Å². The quantitative estimate of drug-likeness (QED) is 0.676. The number of carbonyl (C=O) groups excluding carboxylic acids is 2. The average molecular weight is 333 g/mol. The Labute approximate surface area is 146 Å². The number of nitrogens with zero attached hydrogens (tertiary/aromatic N) is 1. The van der Waals surface area contributed by atoms with Crippen LogP contribution in [0.4, 0.5) is 5.69 Å². The molecule has 1 heterocycles. The van der Waals surface area contributed by atoms with Crippen LogP contribution < -0.4 is 4.90 Å². The molecule has 0 saturated carbocycles. The monoisotopic (exact) mass is 333 g/mol. The van der Waals surface area contributed by atoms with Crippen molar-refractivity contribution in [3.8, 4) is 0 Å². The zero-order chi connectivity index (χ0) is 17.9. The van der Waals surface area contributed by atoms with Crippen molar-refractivity contribution in [1.82, 2.24) is 0 Å². The number of benzene rings is 2. The number of para-hydroxylation sites is 1. The van der Waals surface area contributed by atoms with Gasteiger partial charge in [-0.1, -0.05) is 66.8 Å². The molecule has 0 spiro atoms. The predicted octanol–water partition coefficient (Wildman–Crippen LogP) is 3.08. The summed E-state index contributed by atoms with van der Waals surface area (Å²) in [6, 6.07) is 16.7. The lowest BCUT2D eigenvalue weighted by Gasteiger charge is -2.20. The van der Waals surface area contributed by atoms with E-state index in [9.17, 15) is 14.7 Å². The van der Waals surface area contributed by atoms with Crippen LogP contribution in [-0.2, 0) is 15.2 Å². The highest BCUT2D eigenvalue weighted by Crippen LogP contribution is 2.41. The second-order valence-corrected chi connectivity index (χ2v) is 6.01. The van der Waals surface area contributed by atoms with Gasteiger partial charge >= 0.3 is 0 Å². The highest BCUT2D eigenvalue weighted by atomic mass is 16.3. The lowest BCUT2D eigenvalue weighted by atomic mass is 9.90. The molecule has 1 unspecified atom stereocenters. The van der Waals surface area contributed by atoms with Crippen LogP contribution in [-0.4, -0.2) is 23.8 Å². The molecule has 2 aromatic rings. The number of ketones is 1. The summed E-state index contributed by atoms with van der Waals surface area (Å²) in [5.41, 5.74) is 0.343. The summed E-state index contributed by atoms with van der Waals surface area (Å²) >= 11 is 0. The fourth-order valence-electron chi connectivity index (χ4n) is 2.99. The van der Waals surface area contributed by atoms with E-state index in [-0.39, 0.29) is 12.2 Å². The van der Waals surface area contributed by atoms with Crippen molar-refractivity contribution in [3.63, 3.8) is 0 Å². The number of fused-ring (bicyclic) bond motifs is 1. The van der Waals surface area contributed by atoms with Gasteiger partial charge in [-0.25, -0.2) is 0 Å². The number of carbonyl (C=O) groups is 2. The molecule has 1 amide bonds. The number of hydrogen-bond acceptors (Lipinski definition) is 3. The van der Waals surface area contributed by atoms with Gasteiger partial charge in [0.2, 0.25) is 0 Å². The number of rotatable bonds is 5. The van der Waals surface area contributed by atoms with E-state index >= 15 is 0 Å². The third-order valence-corrected chi connectivity index (χ3v) is 4.28. The van der Waals surface area contributed by atoms with Crippen LogP contribution in [0.5, 0.6) is 0 Å². The van der Waals surface area contributed by atoms with Crippen molar-refractivity contribution in [2.45, 2.75) is 12.0 Å². The molecule has 1 aliphatic heterocycles. The molecule has 0 saturated heterocycles. The summed E-state index contributed by atoms with van der Waals surface area (Å²) in [7, 11) is 1.60. The first-order chi connectivity index (χ1) is 12.0. The standard InChI is InChI=1S/C21H19NO3/c1-22-19-14-8-7-13-18(19)21(25,20(22)24)15-17(23)12-6-5-11-16-9-3-2-4-10-16/h2-14,25H,15H2,1H3/b11-5+,12-6+. The summed E-state index contributed by atoms with van der Waals surface area (Å²) in [5, 5.41) is 10.8. The molecular formula is C21H19NO3. The molecule has 1 atom stereocenters. The topological polar surface area (TPSA) is 57.6 Å². The number of aliphatic hydroxyl groups is 1. The number of hydrogen-bond donors (Lipinski definition) is 1. The molecular weight excluding hydrogens is 314 g/mol. The van der Waals surface area contributed by atoms with Crippen LogP contribution >= 0.6 is 0 Å². The highest BCUT2D eigenvalue weighted by Gasteiger charge is 2.49. The lowest BCUT2D eigenvalue weighted by molar-refractivity contribution is -0.140. The first-order valence-corrected chi connectivity index (χ1v) is 8.05. The van der Waals surface area contributed by atoms with Crippen molar-refractivity contribution >= 4 is 23.5 Å². The van der Waals surface area contributed by atoms with Gasteiger partial charge in [0.1, 0.15) is 0 Å². The van der Waals surface area contributed by atoms with E-state index in [1.54, 1.807) is 43.5 Å². The summed E-state index contributed by atoms with van der Waals surface area (Å²) < 4.78 is 0. The minimum Gasteiger partial charge on any atom is -0.375 e. The second kappa shape index (κ2) is 6.87. The van der Waals surface area contributed by atoms with Gasteiger partial charge in [0.25, 0.3) is 5.91 Å². The Morgan fingerprint density at radius 1 is 1.08 bits per heavy atom. The van der Waals surface area contributed by atoms with Gasteiger partial charge in [0.05, 0.1) is 12.1 Å². The Balaban J connectivity index is 1.71. The number of likely N-dealkylation sites (N-methyl/N-ethyl adjacent to an activating group) is 1. The third kappa shape index (κ3) is 3.30. The van der Waals surface area contributed by atoms with E-state index < -0.39 is 11.5 Å². The largest absolute Gasteiger partial charge is 0.375 e. The molecule has 1 N–H and O–H groups in total. The van der Waals surface area contributed by atoms with E-state index in [1.165, 1.54) is 11.0 Å². The molecule has 25 heavy (non-hydrogen) atoms. The maximum absolute atomic E-state index is 12.4. The Morgan fingerprint density at radius 3 is 2.52 bits per heavy atom. The molecule has 2 aromatic carbocycles. The van der Waals surface area contributed by atoms with Gasteiger partial charge in [-0.3, -0.25) is 9.59 Å². The molecule has 0 fully saturated rings. The summed E-state index contributed by atoms with van der Waals surface area (Å²) in [6.45, 7) is 0. The van der Waals surface area contributed by atoms with Gasteiger partial charge in [-0.15, -0.1) is 0 Å². The predicted molar refractivity (Wildman–Crippen MR) is 98.0 cm³/mol. The maximum atomic E-state index is 12.4. The van der Waals surface area contributed by atoms with Crippen molar-refractivity contribution in [2.75, 3.05) is 11.9 Å². The van der Waals surface area contributed by atoms with Crippen LogP contribution in [0.15, 0.2) is 72.8 Å². The Bertz CT molecular complexity index is 854. The Kier molecular flexibility index (Phi) is 4.63. The zero-order valence-corrected chi connectivity index (χ0v) is 13.9. The minimum absolute atomic E-state index is 0.275. The van der Waals surface area contributed by atoms with Crippen molar-refractivity contribution in [2.24, 2.45) is 0 Å². The normalized spacial score (nSPS) is 19.8. The summed E-state index contributed by atoms with van der Waals surface area (Å²) in [5.74, 6) is -0.783. The van der Waals surface area contributed by atoms with Crippen molar-refractivity contribution in [1.29, 1.82) is 0 Å². The number of amides is 1. The van der Waals surface area contributed by atoms with Gasteiger partial charge in [-0.05, 0) is 17.7 Å².